The van der Waals surface area contributed by atoms with Gasteiger partial charge in [-0.25, -0.2) is 4.98 Å². The first-order valence-corrected chi connectivity index (χ1v) is 9.20. The summed E-state index contributed by atoms with van der Waals surface area (Å²) in [5.41, 5.74) is 4.00. The van der Waals surface area contributed by atoms with Gasteiger partial charge in [-0.2, -0.15) is 5.10 Å². The Labute approximate surface area is 156 Å². The molecule has 0 fully saturated rings. The molecule has 0 aliphatic rings. The van der Waals surface area contributed by atoms with Crippen molar-refractivity contribution in [2.24, 2.45) is 7.05 Å². The van der Waals surface area contributed by atoms with Gasteiger partial charge in [0.1, 0.15) is 0 Å². The summed E-state index contributed by atoms with van der Waals surface area (Å²) in [6.07, 6.45) is 1.80. The van der Waals surface area contributed by atoms with E-state index in [0.29, 0.717) is 5.02 Å². The Hall–Kier alpha value is -1.89. The smallest absolute Gasteiger partial charge is 0.188 e. The van der Waals surface area contributed by atoms with Gasteiger partial charge in [-0.05, 0) is 46.3 Å². The zero-order chi connectivity index (χ0) is 16.7. The molecule has 0 saturated carbocycles. The number of thiazole rings is 1. The van der Waals surface area contributed by atoms with Crippen LogP contribution in [-0.4, -0.2) is 14.8 Å². The maximum atomic E-state index is 6.03. The Morgan fingerprint density at radius 2 is 2.08 bits per heavy atom. The van der Waals surface area contributed by atoms with Crippen LogP contribution in [0.25, 0.3) is 21.5 Å². The summed E-state index contributed by atoms with van der Waals surface area (Å²) in [6.45, 7) is 0. The number of rotatable bonds is 3. The van der Waals surface area contributed by atoms with E-state index in [0.717, 1.165) is 36.8 Å². The predicted molar refractivity (Wildman–Crippen MR) is 104 cm³/mol. The quantitative estimate of drug-likeness (QED) is 0.452. The van der Waals surface area contributed by atoms with Gasteiger partial charge in [0, 0.05) is 23.3 Å². The van der Waals surface area contributed by atoms with Crippen molar-refractivity contribution in [1.29, 1.82) is 0 Å². The minimum Gasteiger partial charge on any atom is -0.332 e. The third kappa shape index (κ3) is 2.92. The van der Waals surface area contributed by atoms with E-state index in [9.17, 15) is 0 Å². The van der Waals surface area contributed by atoms with Crippen molar-refractivity contribution < 1.29 is 0 Å². The summed E-state index contributed by atoms with van der Waals surface area (Å²) in [6, 6.07) is 13.9. The molecular formula is C17H12BrClN4S. The fourth-order valence-corrected chi connectivity index (χ4v) is 4.17. The molecule has 4 aromatic rings. The standard InChI is InChI=1S/C17H12BrClN4S/c1-23-16(13(18)9-20-23)10-3-2-4-12(7-10)21-17-22-14-8-11(19)5-6-15(14)24-17/h2-9H,1H3,(H,21,22). The number of aromatic nitrogens is 3. The highest BCUT2D eigenvalue weighted by molar-refractivity contribution is 9.10. The van der Waals surface area contributed by atoms with Gasteiger partial charge in [-0.1, -0.05) is 35.1 Å². The third-order valence-corrected chi connectivity index (χ3v) is 5.40. The summed E-state index contributed by atoms with van der Waals surface area (Å²) < 4.78 is 3.92. The molecule has 2 heterocycles. The molecule has 0 spiro atoms. The molecule has 7 heteroatoms. The maximum absolute atomic E-state index is 6.03. The normalized spacial score (nSPS) is 11.1. The van der Waals surface area contributed by atoms with E-state index in [1.807, 2.05) is 42.1 Å². The molecule has 0 unspecified atom stereocenters. The average Bonchev–Trinajstić information content (AvgIpc) is 3.09. The molecule has 0 aliphatic carbocycles. The van der Waals surface area contributed by atoms with E-state index >= 15 is 0 Å². The Morgan fingerprint density at radius 3 is 2.88 bits per heavy atom. The van der Waals surface area contributed by atoms with E-state index in [4.69, 9.17) is 11.6 Å². The zero-order valence-corrected chi connectivity index (χ0v) is 15.8. The Bertz CT molecular complexity index is 1020. The van der Waals surface area contributed by atoms with Gasteiger partial charge in [-0.3, -0.25) is 4.68 Å². The second-order valence-electron chi connectivity index (χ2n) is 5.30. The number of aryl methyl sites for hydroxylation is 1. The molecule has 4 rings (SSSR count). The summed E-state index contributed by atoms with van der Waals surface area (Å²) in [5.74, 6) is 0. The van der Waals surface area contributed by atoms with Gasteiger partial charge in [0.2, 0.25) is 0 Å². The Morgan fingerprint density at radius 1 is 1.21 bits per heavy atom. The van der Waals surface area contributed by atoms with E-state index < -0.39 is 0 Å². The van der Waals surface area contributed by atoms with Crippen molar-refractivity contribution >= 4 is 59.9 Å². The molecule has 4 nitrogen and oxygen atoms in total. The highest BCUT2D eigenvalue weighted by Crippen LogP contribution is 2.32. The van der Waals surface area contributed by atoms with E-state index in [-0.39, 0.29) is 0 Å². The molecule has 0 bridgehead atoms. The number of hydrogen-bond acceptors (Lipinski definition) is 4. The number of nitrogens with zero attached hydrogens (tertiary/aromatic N) is 3. The van der Waals surface area contributed by atoms with Gasteiger partial charge in [0.05, 0.1) is 26.6 Å². The average molecular weight is 420 g/mol. The van der Waals surface area contributed by atoms with Crippen molar-refractivity contribution in [1.82, 2.24) is 14.8 Å². The van der Waals surface area contributed by atoms with Gasteiger partial charge >= 0.3 is 0 Å². The van der Waals surface area contributed by atoms with Crippen molar-refractivity contribution in [3.05, 3.63) is 58.2 Å². The fourth-order valence-electron chi connectivity index (χ4n) is 2.56. The summed E-state index contributed by atoms with van der Waals surface area (Å²) in [5, 5.41) is 9.18. The lowest BCUT2D eigenvalue weighted by Crippen LogP contribution is -1.95. The molecule has 0 amide bonds. The van der Waals surface area contributed by atoms with E-state index in [2.05, 4.69) is 43.5 Å². The second kappa shape index (κ2) is 6.20. The highest BCUT2D eigenvalue weighted by atomic mass is 79.9. The van der Waals surface area contributed by atoms with Crippen molar-refractivity contribution in [2.75, 3.05) is 5.32 Å². The molecule has 0 aliphatic heterocycles. The lowest BCUT2D eigenvalue weighted by Gasteiger charge is -2.07. The third-order valence-electron chi connectivity index (χ3n) is 3.63. The van der Waals surface area contributed by atoms with Crippen LogP contribution in [0.15, 0.2) is 53.1 Å². The van der Waals surface area contributed by atoms with Crippen LogP contribution in [0.2, 0.25) is 5.02 Å². The summed E-state index contributed by atoms with van der Waals surface area (Å²) in [4.78, 5) is 4.59. The van der Waals surface area contributed by atoms with Crippen LogP contribution < -0.4 is 5.32 Å². The monoisotopic (exact) mass is 418 g/mol. The predicted octanol–water partition coefficient (Wildman–Crippen LogP) is 5.86. The minimum atomic E-state index is 0.697. The molecule has 120 valence electrons. The number of hydrogen-bond donors (Lipinski definition) is 1. The van der Waals surface area contributed by atoms with Crippen molar-refractivity contribution in [2.45, 2.75) is 0 Å². The van der Waals surface area contributed by atoms with Crippen LogP contribution in [-0.2, 0) is 7.05 Å². The number of anilines is 2. The van der Waals surface area contributed by atoms with Crippen LogP contribution in [0, 0.1) is 0 Å². The largest absolute Gasteiger partial charge is 0.332 e. The maximum Gasteiger partial charge on any atom is 0.188 e. The van der Waals surface area contributed by atoms with Crippen LogP contribution >= 0.6 is 38.9 Å². The number of fused-ring (bicyclic) bond motifs is 1. The van der Waals surface area contributed by atoms with Gasteiger partial charge in [0.15, 0.2) is 5.13 Å². The molecule has 24 heavy (non-hydrogen) atoms. The van der Waals surface area contributed by atoms with Crippen LogP contribution in [0.1, 0.15) is 0 Å². The zero-order valence-electron chi connectivity index (χ0n) is 12.6. The van der Waals surface area contributed by atoms with E-state index in [1.165, 1.54) is 0 Å². The number of nitrogens with one attached hydrogen (secondary N) is 1. The van der Waals surface area contributed by atoms with Crippen LogP contribution in [0.5, 0.6) is 0 Å². The lowest BCUT2D eigenvalue weighted by molar-refractivity contribution is 0.776. The second-order valence-corrected chi connectivity index (χ2v) is 7.62. The fraction of sp³-hybridized carbons (Fsp3) is 0.0588. The SMILES string of the molecule is Cn1ncc(Br)c1-c1cccc(Nc2nc3cc(Cl)ccc3s2)c1. The van der Waals surface area contributed by atoms with Crippen LogP contribution in [0.3, 0.4) is 0 Å². The van der Waals surface area contributed by atoms with Gasteiger partial charge in [0.25, 0.3) is 0 Å². The van der Waals surface area contributed by atoms with Gasteiger partial charge < -0.3 is 5.32 Å². The number of benzene rings is 2. The first kappa shape index (κ1) is 15.6. The highest BCUT2D eigenvalue weighted by Gasteiger charge is 2.10. The molecule has 2 aromatic carbocycles. The first-order chi connectivity index (χ1) is 11.6. The Balaban J connectivity index is 1.68. The van der Waals surface area contributed by atoms with Gasteiger partial charge in [-0.15, -0.1) is 0 Å². The lowest BCUT2D eigenvalue weighted by atomic mass is 10.1. The summed E-state index contributed by atoms with van der Waals surface area (Å²) in [7, 11) is 1.93. The number of halogens is 2. The van der Waals surface area contributed by atoms with Crippen molar-refractivity contribution in [3.8, 4) is 11.3 Å². The van der Waals surface area contributed by atoms with Crippen LogP contribution in [0.4, 0.5) is 10.8 Å². The first-order valence-electron chi connectivity index (χ1n) is 7.21. The molecule has 0 saturated heterocycles. The molecule has 2 aromatic heterocycles. The summed E-state index contributed by atoms with van der Waals surface area (Å²) >= 11 is 11.2. The molecular weight excluding hydrogens is 408 g/mol. The topological polar surface area (TPSA) is 42.7 Å². The Kier molecular flexibility index (Phi) is 4.04. The minimum absolute atomic E-state index is 0.697. The molecule has 0 atom stereocenters. The molecule has 1 N–H and O–H groups in total. The van der Waals surface area contributed by atoms with Crippen molar-refractivity contribution in [3.63, 3.8) is 0 Å². The van der Waals surface area contributed by atoms with E-state index in [1.54, 1.807) is 17.5 Å². The molecule has 0 radical (unpaired) electrons.